The van der Waals surface area contributed by atoms with Gasteiger partial charge in [-0.3, -0.25) is 9.69 Å². The van der Waals surface area contributed by atoms with E-state index in [9.17, 15) is 9.59 Å². The second kappa shape index (κ2) is 6.45. The van der Waals surface area contributed by atoms with Crippen molar-refractivity contribution in [1.29, 1.82) is 0 Å². The van der Waals surface area contributed by atoms with E-state index in [1.54, 1.807) is 11.8 Å². The molecule has 5 heteroatoms. The monoisotopic (exact) mass is 355 g/mol. The Morgan fingerprint density at radius 1 is 1.15 bits per heavy atom. The number of amides is 1. The molecule has 1 aromatic rings. The van der Waals surface area contributed by atoms with Gasteiger partial charge in [0.2, 0.25) is 0 Å². The highest BCUT2D eigenvalue weighted by atomic mass is 16.6. The molecule has 1 aromatic carbocycles. The van der Waals surface area contributed by atoms with Gasteiger partial charge in [0.05, 0.1) is 30.4 Å². The summed E-state index contributed by atoms with van der Waals surface area (Å²) < 4.78 is 10.8. The molecule has 0 saturated heterocycles. The van der Waals surface area contributed by atoms with Crippen LogP contribution in [0.2, 0.25) is 0 Å². The molecule has 5 nitrogen and oxygen atoms in total. The quantitative estimate of drug-likeness (QED) is 0.601. The number of allylic oxidation sites excluding steroid dienone is 1. The maximum absolute atomic E-state index is 12.9. The van der Waals surface area contributed by atoms with Gasteiger partial charge in [-0.1, -0.05) is 24.3 Å². The van der Waals surface area contributed by atoms with Gasteiger partial charge in [0.1, 0.15) is 0 Å². The van der Waals surface area contributed by atoms with Crippen molar-refractivity contribution in [2.24, 2.45) is 5.92 Å². The van der Waals surface area contributed by atoms with Crippen LogP contribution in [0.4, 0.5) is 10.5 Å². The van der Waals surface area contributed by atoms with Crippen LogP contribution in [0.3, 0.4) is 0 Å². The van der Waals surface area contributed by atoms with E-state index >= 15 is 0 Å². The van der Waals surface area contributed by atoms with E-state index in [0.29, 0.717) is 13.2 Å². The predicted molar refractivity (Wildman–Crippen MR) is 98.1 cm³/mol. The molecule has 1 fully saturated rings. The third-order valence-electron chi connectivity index (χ3n) is 5.85. The number of ether oxygens (including phenoxy) is 2. The lowest BCUT2D eigenvalue weighted by Gasteiger charge is -2.33. The summed E-state index contributed by atoms with van der Waals surface area (Å²) in [5.74, 6) is -0.592. The van der Waals surface area contributed by atoms with Crippen LogP contribution in [0.15, 0.2) is 35.9 Å². The van der Waals surface area contributed by atoms with Gasteiger partial charge in [0.15, 0.2) is 0 Å². The Hall–Kier alpha value is -2.30. The summed E-state index contributed by atoms with van der Waals surface area (Å²) in [5, 5.41) is 0. The minimum absolute atomic E-state index is 0.0356. The van der Waals surface area contributed by atoms with Crippen molar-refractivity contribution in [3.05, 3.63) is 41.5 Å². The van der Waals surface area contributed by atoms with Crippen molar-refractivity contribution >= 4 is 17.7 Å². The van der Waals surface area contributed by atoms with Crippen LogP contribution in [0.25, 0.3) is 0 Å². The minimum atomic E-state index is -0.636. The largest absolute Gasteiger partial charge is 0.466 e. The maximum Gasteiger partial charge on any atom is 0.415 e. The maximum atomic E-state index is 12.9. The molecule has 0 spiro atoms. The molecule has 1 heterocycles. The number of anilines is 1. The number of carbonyl (C=O) groups is 2. The second-order valence-corrected chi connectivity index (χ2v) is 7.10. The third-order valence-corrected chi connectivity index (χ3v) is 5.85. The molecular formula is C21H25NO4. The van der Waals surface area contributed by atoms with Crippen LogP contribution >= 0.6 is 0 Å². The Bertz CT molecular complexity index is 771. The van der Waals surface area contributed by atoms with E-state index in [0.717, 1.165) is 36.9 Å². The molecule has 1 aliphatic heterocycles. The Morgan fingerprint density at radius 3 is 2.62 bits per heavy atom. The Labute approximate surface area is 154 Å². The molecule has 4 rings (SSSR count). The molecule has 1 saturated carbocycles. The van der Waals surface area contributed by atoms with Crippen LogP contribution in [0, 0.1) is 5.92 Å². The molecule has 0 unspecified atom stereocenters. The first kappa shape index (κ1) is 17.1. The Balaban J connectivity index is 1.85. The molecule has 3 aliphatic rings. The topological polar surface area (TPSA) is 55.8 Å². The minimum Gasteiger partial charge on any atom is -0.466 e. The second-order valence-electron chi connectivity index (χ2n) is 7.10. The van der Waals surface area contributed by atoms with E-state index < -0.39 is 5.54 Å². The molecule has 26 heavy (non-hydrogen) atoms. The van der Waals surface area contributed by atoms with Crippen LogP contribution in [-0.2, 0) is 14.3 Å². The summed E-state index contributed by atoms with van der Waals surface area (Å²) in [6.07, 6.45) is 6.00. The van der Waals surface area contributed by atoms with Gasteiger partial charge in [-0.2, -0.15) is 0 Å². The van der Waals surface area contributed by atoms with Gasteiger partial charge in [0, 0.05) is 5.92 Å². The van der Waals surface area contributed by atoms with Gasteiger partial charge in [-0.25, -0.2) is 4.79 Å². The molecule has 0 radical (unpaired) electrons. The summed E-state index contributed by atoms with van der Waals surface area (Å²) in [7, 11) is 0. The lowest BCUT2D eigenvalue weighted by molar-refractivity contribution is -0.145. The standard InChI is InChI=1S/C21H25NO4/c1-3-25-19(23)18-17-15-12-8-9-13-16(15)22(20(24)26-4-2)21(17,18)14-10-6-5-7-11-14/h8-10,12-13,17-18H,3-7,11H2,1-2H3/t17-,18+,21-/m1/s1. The van der Waals surface area contributed by atoms with Gasteiger partial charge in [-0.05, 0) is 56.7 Å². The van der Waals surface area contributed by atoms with E-state index in [1.165, 1.54) is 5.57 Å². The van der Waals surface area contributed by atoms with Gasteiger partial charge < -0.3 is 9.47 Å². The van der Waals surface area contributed by atoms with Gasteiger partial charge in [-0.15, -0.1) is 0 Å². The average Bonchev–Trinajstić information content (AvgIpc) is 3.25. The molecule has 2 aliphatic carbocycles. The third kappa shape index (κ3) is 2.22. The SMILES string of the molecule is CCOC(=O)[C@@H]1[C@H]2c3ccccc3N(C(=O)OCC)[C@@]12C1=CCCCC1. The first-order valence-corrected chi connectivity index (χ1v) is 9.59. The smallest absolute Gasteiger partial charge is 0.415 e. The zero-order valence-electron chi connectivity index (χ0n) is 15.4. The zero-order chi connectivity index (χ0) is 18.3. The van der Waals surface area contributed by atoms with E-state index in [4.69, 9.17) is 9.47 Å². The summed E-state index contributed by atoms with van der Waals surface area (Å²) in [6.45, 7) is 4.28. The molecule has 3 atom stereocenters. The van der Waals surface area contributed by atoms with E-state index in [1.807, 2.05) is 31.2 Å². The van der Waals surface area contributed by atoms with Crippen molar-refractivity contribution in [3.8, 4) is 0 Å². The van der Waals surface area contributed by atoms with Crippen LogP contribution in [0.5, 0.6) is 0 Å². The van der Waals surface area contributed by atoms with Crippen molar-refractivity contribution in [2.75, 3.05) is 18.1 Å². The Kier molecular flexibility index (Phi) is 4.25. The molecule has 0 aromatic heterocycles. The lowest BCUT2D eigenvalue weighted by atomic mass is 9.89. The highest BCUT2D eigenvalue weighted by Gasteiger charge is 2.79. The van der Waals surface area contributed by atoms with Crippen molar-refractivity contribution in [3.63, 3.8) is 0 Å². The van der Waals surface area contributed by atoms with Crippen LogP contribution < -0.4 is 4.90 Å². The number of para-hydroxylation sites is 1. The fraction of sp³-hybridized carbons (Fsp3) is 0.524. The van der Waals surface area contributed by atoms with E-state index in [-0.39, 0.29) is 23.9 Å². The molecule has 0 bridgehead atoms. The van der Waals surface area contributed by atoms with Crippen LogP contribution in [0.1, 0.15) is 51.0 Å². The first-order valence-electron chi connectivity index (χ1n) is 9.59. The molecular weight excluding hydrogens is 330 g/mol. The lowest BCUT2D eigenvalue weighted by Crippen LogP contribution is -2.46. The van der Waals surface area contributed by atoms with Crippen LogP contribution in [-0.4, -0.2) is 30.8 Å². The summed E-state index contributed by atoms with van der Waals surface area (Å²) in [5.41, 5.74) is 2.46. The number of nitrogens with zero attached hydrogens (tertiary/aromatic N) is 1. The van der Waals surface area contributed by atoms with Crippen molar-refractivity contribution < 1.29 is 19.1 Å². The fourth-order valence-corrected chi connectivity index (χ4v) is 4.95. The summed E-state index contributed by atoms with van der Waals surface area (Å²) in [6, 6.07) is 7.87. The van der Waals surface area contributed by atoms with Gasteiger partial charge in [0.25, 0.3) is 0 Å². The molecule has 1 amide bonds. The normalized spacial score (nSPS) is 28.7. The summed E-state index contributed by atoms with van der Waals surface area (Å²) >= 11 is 0. The Morgan fingerprint density at radius 2 is 1.92 bits per heavy atom. The number of rotatable bonds is 4. The number of hydrogen-bond donors (Lipinski definition) is 0. The van der Waals surface area contributed by atoms with Crippen molar-refractivity contribution in [2.45, 2.75) is 51.0 Å². The number of carbonyl (C=O) groups excluding carboxylic acids is 2. The van der Waals surface area contributed by atoms with Crippen molar-refractivity contribution in [1.82, 2.24) is 0 Å². The highest BCUT2D eigenvalue weighted by Crippen LogP contribution is 2.72. The highest BCUT2D eigenvalue weighted by molar-refractivity contribution is 6.02. The van der Waals surface area contributed by atoms with Gasteiger partial charge >= 0.3 is 12.1 Å². The molecule has 138 valence electrons. The predicted octanol–water partition coefficient (Wildman–Crippen LogP) is 4.18. The fourth-order valence-electron chi connectivity index (χ4n) is 4.95. The number of esters is 1. The zero-order valence-corrected chi connectivity index (χ0v) is 15.4. The molecule has 0 N–H and O–H groups in total. The number of fused-ring (bicyclic) bond motifs is 3. The average molecular weight is 355 g/mol. The number of benzene rings is 1. The first-order chi connectivity index (χ1) is 12.7. The summed E-state index contributed by atoms with van der Waals surface area (Å²) in [4.78, 5) is 27.5. The number of hydrogen-bond acceptors (Lipinski definition) is 4. The van der Waals surface area contributed by atoms with E-state index in [2.05, 4.69) is 6.08 Å².